The zero-order chi connectivity index (χ0) is 12.6. The highest BCUT2D eigenvalue weighted by Gasteiger charge is 2.34. The minimum atomic E-state index is 0.161. The number of nitrogens with one attached hydrogen (secondary N) is 1. The fourth-order valence-electron chi connectivity index (χ4n) is 2.91. The van der Waals surface area contributed by atoms with Gasteiger partial charge in [0.15, 0.2) is 0 Å². The van der Waals surface area contributed by atoms with Gasteiger partial charge in [-0.15, -0.1) is 0 Å². The van der Waals surface area contributed by atoms with Crippen molar-refractivity contribution in [2.45, 2.75) is 70.8 Å². The van der Waals surface area contributed by atoms with Crippen LogP contribution in [0.5, 0.6) is 0 Å². The average molecular weight is 241 g/mol. The van der Waals surface area contributed by atoms with E-state index in [0.29, 0.717) is 0 Å². The van der Waals surface area contributed by atoms with Crippen molar-refractivity contribution in [2.24, 2.45) is 5.92 Å². The van der Waals surface area contributed by atoms with E-state index in [1.54, 1.807) is 0 Å². The molecule has 2 heteroatoms. The molecule has 1 unspecified atom stereocenters. The van der Waals surface area contributed by atoms with Gasteiger partial charge in [-0.1, -0.05) is 46.0 Å². The van der Waals surface area contributed by atoms with Crippen LogP contribution in [-0.2, 0) is 4.74 Å². The second-order valence-corrected chi connectivity index (χ2v) is 5.65. The van der Waals surface area contributed by atoms with Crippen LogP contribution >= 0.6 is 0 Å². The van der Waals surface area contributed by atoms with Gasteiger partial charge in [-0.2, -0.15) is 0 Å². The normalized spacial score (nSPS) is 20.6. The van der Waals surface area contributed by atoms with Crippen LogP contribution in [-0.4, -0.2) is 25.8 Å². The lowest BCUT2D eigenvalue weighted by molar-refractivity contribution is -0.0557. The minimum absolute atomic E-state index is 0.161. The Morgan fingerprint density at radius 1 is 1.24 bits per heavy atom. The molecule has 2 nitrogen and oxygen atoms in total. The molecular formula is C15H31NO. The van der Waals surface area contributed by atoms with Crippen molar-refractivity contribution in [1.29, 1.82) is 0 Å². The van der Waals surface area contributed by atoms with E-state index in [-0.39, 0.29) is 5.60 Å². The van der Waals surface area contributed by atoms with E-state index in [9.17, 15) is 0 Å². The number of likely N-dealkylation sites (N-methyl/N-ethyl adjacent to an activating group) is 1. The highest BCUT2D eigenvalue weighted by Crippen LogP contribution is 2.33. The van der Waals surface area contributed by atoms with E-state index in [4.69, 9.17) is 4.74 Å². The first-order valence-electron chi connectivity index (χ1n) is 7.55. The van der Waals surface area contributed by atoms with Crippen molar-refractivity contribution < 1.29 is 4.74 Å². The van der Waals surface area contributed by atoms with Gasteiger partial charge in [-0.05, 0) is 32.2 Å². The van der Waals surface area contributed by atoms with Crippen molar-refractivity contribution in [1.82, 2.24) is 5.32 Å². The Morgan fingerprint density at radius 3 is 2.47 bits per heavy atom. The number of unbranched alkanes of at least 4 members (excludes halogenated alkanes) is 1. The molecule has 0 spiro atoms. The van der Waals surface area contributed by atoms with Gasteiger partial charge in [0.1, 0.15) is 0 Å². The maximum absolute atomic E-state index is 6.32. The van der Waals surface area contributed by atoms with E-state index in [1.807, 2.05) is 7.05 Å². The summed E-state index contributed by atoms with van der Waals surface area (Å²) in [6.45, 7) is 6.56. The van der Waals surface area contributed by atoms with Crippen molar-refractivity contribution in [3.63, 3.8) is 0 Å². The lowest BCUT2D eigenvalue weighted by Gasteiger charge is -2.31. The molecule has 1 aliphatic rings. The summed E-state index contributed by atoms with van der Waals surface area (Å²) in [5.74, 6) is 0.768. The Labute approximate surface area is 108 Å². The minimum Gasteiger partial charge on any atom is -0.373 e. The Kier molecular flexibility index (Phi) is 7.14. The van der Waals surface area contributed by atoms with Gasteiger partial charge >= 0.3 is 0 Å². The Bertz CT molecular complexity index is 187. The van der Waals surface area contributed by atoms with Gasteiger partial charge in [0, 0.05) is 6.54 Å². The van der Waals surface area contributed by atoms with E-state index < -0.39 is 0 Å². The molecule has 0 radical (unpaired) electrons. The number of hydrogen-bond donors (Lipinski definition) is 1. The molecule has 0 aliphatic heterocycles. The molecule has 1 atom stereocenters. The third-order valence-electron chi connectivity index (χ3n) is 4.18. The molecule has 1 rings (SSSR count). The van der Waals surface area contributed by atoms with Crippen LogP contribution in [0.25, 0.3) is 0 Å². The van der Waals surface area contributed by atoms with Gasteiger partial charge in [0.05, 0.1) is 12.2 Å². The maximum Gasteiger partial charge on any atom is 0.0806 e. The number of ether oxygens (including phenoxy) is 1. The SMILES string of the molecule is CCCCC(CC)COC1(CNC)CCCC1. The molecule has 0 aromatic rings. The standard InChI is InChI=1S/C15H31NO/c1-4-6-9-14(5-2)12-17-15(13-16-3)10-7-8-11-15/h14,16H,4-13H2,1-3H3. The van der Waals surface area contributed by atoms with Gasteiger partial charge in [0.25, 0.3) is 0 Å². The summed E-state index contributed by atoms with van der Waals surface area (Å²) in [5.41, 5.74) is 0.161. The average Bonchev–Trinajstić information content (AvgIpc) is 2.79. The lowest BCUT2D eigenvalue weighted by atomic mass is 9.98. The van der Waals surface area contributed by atoms with Crippen molar-refractivity contribution >= 4 is 0 Å². The van der Waals surface area contributed by atoms with E-state index in [1.165, 1.54) is 51.4 Å². The summed E-state index contributed by atoms with van der Waals surface area (Å²) >= 11 is 0. The molecule has 0 aromatic heterocycles. The lowest BCUT2D eigenvalue weighted by Crippen LogP contribution is -2.40. The van der Waals surface area contributed by atoms with Crippen molar-refractivity contribution in [2.75, 3.05) is 20.2 Å². The summed E-state index contributed by atoms with van der Waals surface area (Å²) in [6.07, 6.45) is 10.4. The first-order chi connectivity index (χ1) is 8.26. The van der Waals surface area contributed by atoms with Gasteiger partial charge < -0.3 is 10.1 Å². The van der Waals surface area contributed by atoms with Gasteiger partial charge in [-0.25, -0.2) is 0 Å². The van der Waals surface area contributed by atoms with Crippen LogP contribution in [0.2, 0.25) is 0 Å². The fourth-order valence-corrected chi connectivity index (χ4v) is 2.91. The fraction of sp³-hybridized carbons (Fsp3) is 1.00. The third kappa shape index (κ3) is 4.97. The second-order valence-electron chi connectivity index (χ2n) is 5.65. The molecule has 1 aliphatic carbocycles. The highest BCUT2D eigenvalue weighted by molar-refractivity contribution is 4.88. The monoisotopic (exact) mass is 241 g/mol. The van der Waals surface area contributed by atoms with Crippen molar-refractivity contribution in [3.05, 3.63) is 0 Å². The topological polar surface area (TPSA) is 21.3 Å². The van der Waals surface area contributed by atoms with Crippen molar-refractivity contribution in [3.8, 4) is 0 Å². The van der Waals surface area contributed by atoms with Crippen LogP contribution in [0, 0.1) is 5.92 Å². The molecule has 1 saturated carbocycles. The predicted molar refractivity (Wildman–Crippen MR) is 74.4 cm³/mol. The van der Waals surface area contributed by atoms with Crippen LogP contribution in [0.4, 0.5) is 0 Å². The predicted octanol–water partition coefficient (Wildman–Crippen LogP) is 3.75. The molecule has 17 heavy (non-hydrogen) atoms. The summed E-state index contributed by atoms with van der Waals surface area (Å²) in [5, 5.41) is 3.31. The first kappa shape index (κ1) is 15.0. The van der Waals surface area contributed by atoms with Gasteiger partial charge in [-0.3, -0.25) is 0 Å². The molecule has 0 heterocycles. The molecule has 102 valence electrons. The molecular weight excluding hydrogens is 210 g/mol. The highest BCUT2D eigenvalue weighted by atomic mass is 16.5. The molecule has 0 saturated heterocycles. The summed E-state index contributed by atoms with van der Waals surface area (Å²) < 4.78 is 6.32. The summed E-state index contributed by atoms with van der Waals surface area (Å²) in [4.78, 5) is 0. The van der Waals surface area contributed by atoms with E-state index >= 15 is 0 Å². The Balaban J connectivity index is 2.34. The quantitative estimate of drug-likeness (QED) is 0.664. The number of rotatable bonds is 9. The summed E-state index contributed by atoms with van der Waals surface area (Å²) in [6, 6.07) is 0. The molecule has 1 fully saturated rings. The zero-order valence-electron chi connectivity index (χ0n) is 12.1. The molecule has 1 N–H and O–H groups in total. The Hall–Kier alpha value is -0.0800. The maximum atomic E-state index is 6.32. The zero-order valence-corrected chi connectivity index (χ0v) is 12.1. The summed E-state index contributed by atoms with van der Waals surface area (Å²) in [7, 11) is 2.04. The number of hydrogen-bond acceptors (Lipinski definition) is 2. The van der Waals surface area contributed by atoms with Gasteiger partial charge in [0.2, 0.25) is 0 Å². The van der Waals surface area contributed by atoms with Crippen LogP contribution in [0.15, 0.2) is 0 Å². The third-order valence-corrected chi connectivity index (χ3v) is 4.18. The Morgan fingerprint density at radius 2 is 1.94 bits per heavy atom. The first-order valence-corrected chi connectivity index (χ1v) is 7.55. The molecule has 0 amide bonds. The molecule has 0 bridgehead atoms. The smallest absolute Gasteiger partial charge is 0.0806 e. The van der Waals surface area contributed by atoms with Crippen LogP contribution in [0.3, 0.4) is 0 Å². The van der Waals surface area contributed by atoms with Crippen LogP contribution in [0.1, 0.15) is 65.2 Å². The second kappa shape index (κ2) is 8.10. The van der Waals surface area contributed by atoms with E-state index in [0.717, 1.165) is 19.1 Å². The molecule has 0 aromatic carbocycles. The van der Waals surface area contributed by atoms with E-state index in [2.05, 4.69) is 19.2 Å². The largest absolute Gasteiger partial charge is 0.373 e. The van der Waals surface area contributed by atoms with Crippen LogP contribution < -0.4 is 5.32 Å².